The highest BCUT2D eigenvalue weighted by atomic mass is 35.5. The zero-order chi connectivity index (χ0) is 18.4. The molecule has 2 rings (SSSR count). The van der Waals surface area contributed by atoms with Crippen LogP contribution in [-0.4, -0.2) is 22.8 Å². The highest BCUT2D eigenvalue weighted by molar-refractivity contribution is 6.31. The standard InChI is InChI=1S/C20H23ClN2O2/c1-14(2)23(13-16-8-5-4-6-9-16)20(25)12-19(24)22-18-11-7-10-17(21)15(18)3/h4-11,14H,12-13H2,1-3H3,(H,22,24). The van der Waals surface area contributed by atoms with E-state index in [4.69, 9.17) is 11.6 Å². The molecule has 132 valence electrons. The molecular formula is C20H23ClN2O2. The Morgan fingerprint density at radius 2 is 1.76 bits per heavy atom. The van der Waals surface area contributed by atoms with E-state index >= 15 is 0 Å². The maximum absolute atomic E-state index is 12.6. The molecular weight excluding hydrogens is 336 g/mol. The van der Waals surface area contributed by atoms with Crippen LogP contribution < -0.4 is 5.32 Å². The van der Waals surface area contributed by atoms with Crippen LogP contribution in [0.2, 0.25) is 5.02 Å². The van der Waals surface area contributed by atoms with Crippen molar-refractivity contribution in [3.05, 3.63) is 64.7 Å². The lowest BCUT2D eigenvalue weighted by Gasteiger charge is -2.27. The van der Waals surface area contributed by atoms with Gasteiger partial charge in [0.2, 0.25) is 11.8 Å². The summed E-state index contributed by atoms with van der Waals surface area (Å²) in [6, 6.07) is 15.1. The first kappa shape index (κ1) is 19.0. The van der Waals surface area contributed by atoms with Crippen molar-refractivity contribution < 1.29 is 9.59 Å². The Hall–Kier alpha value is -2.33. The van der Waals surface area contributed by atoms with Crippen LogP contribution >= 0.6 is 11.6 Å². The van der Waals surface area contributed by atoms with Crippen molar-refractivity contribution >= 4 is 29.1 Å². The van der Waals surface area contributed by atoms with Crippen molar-refractivity contribution in [2.75, 3.05) is 5.32 Å². The molecule has 0 fully saturated rings. The van der Waals surface area contributed by atoms with Gasteiger partial charge in [0.25, 0.3) is 0 Å². The highest BCUT2D eigenvalue weighted by Gasteiger charge is 2.20. The first-order valence-corrected chi connectivity index (χ1v) is 8.64. The molecule has 0 saturated carbocycles. The number of halogens is 1. The van der Waals surface area contributed by atoms with Crippen LogP contribution in [-0.2, 0) is 16.1 Å². The van der Waals surface area contributed by atoms with Gasteiger partial charge in [-0.3, -0.25) is 9.59 Å². The zero-order valence-electron chi connectivity index (χ0n) is 14.8. The molecule has 25 heavy (non-hydrogen) atoms. The SMILES string of the molecule is Cc1c(Cl)cccc1NC(=O)CC(=O)N(Cc1ccccc1)C(C)C. The molecule has 0 radical (unpaired) electrons. The molecule has 4 nitrogen and oxygen atoms in total. The van der Waals surface area contributed by atoms with E-state index in [0.29, 0.717) is 17.3 Å². The maximum atomic E-state index is 12.6. The average Bonchev–Trinajstić information content (AvgIpc) is 2.57. The minimum absolute atomic E-state index is 0.00779. The highest BCUT2D eigenvalue weighted by Crippen LogP contribution is 2.23. The molecule has 5 heteroatoms. The van der Waals surface area contributed by atoms with Gasteiger partial charge in [0.05, 0.1) is 0 Å². The topological polar surface area (TPSA) is 49.4 Å². The lowest BCUT2D eigenvalue weighted by Crippen LogP contribution is -2.38. The van der Waals surface area contributed by atoms with E-state index in [1.165, 1.54) is 0 Å². The van der Waals surface area contributed by atoms with Crippen LogP contribution in [0.15, 0.2) is 48.5 Å². The molecule has 0 aromatic heterocycles. The van der Waals surface area contributed by atoms with E-state index in [0.717, 1.165) is 11.1 Å². The number of nitrogens with zero attached hydrogens (tertiary/aromatic N) is 1. The molecule has 0 unspecified atom stereocenters. The summed E-state index contributed by atoms with van der Waals surface area (Å²) in [7, 11) is 0. The molecule has 0 bridgehead atoms. The predicted molar refractivity (Wildman–Crippen MR) is 102 cm³/mol. The Balaban J connectivity index is 2.02. The van der Waals surface area contributed by atoms with Crippen molar-refractivity contribution in [1.29, 1.82) is 0 Å². The van der Waals surface area contributed by atoms with Crippen molar-refractivity contribution in [3.8, 4) is 0 Å². The first-order valence-electron chi connectivity index (χ1n) is 8.27. The first-order chi connectivity index (χ1) is 11.9. The number of carbonyl (C=O) groups excluding carboxylic acids is 2. The summed E-state index contributed by atoms with van der Waals surface area (Å²) >= 11 is 6.06. The lowest BCUT2D eigenvalue weighted by atomic mass is 10.1. The molecule has 0 saturated heterocycles. The van der Waals surface area contributed by atoms with Crippen molar-refractivity contribution in [2.45, 2.75) is 39.8 Å². The molecule has 2 aromatic carbocycles. The average molecular weight is 359 g/mol. The minimum Gasteiger partial charge on any atom is -0.336 e. The number of rotatable bonds is 6. The molecule has 0 aliphatic rings. The third-order valence-electron chi connectivity index (χ3n) is 3.99. The quantitative estimate of drug-likeness (QED) is 0.777. The van der Waals surface area contributed by atoms with E-state index in [2.05, 4.69) is 5.32 Å². The van der Waals surface area contributed by atoms with Gasteiger partial charge in [-0.05, 0) is 44.0 Å². The number of nitrogens with one attached hydrogen (secondary N) is 1. The number of benzene rings is 2. The second-order valence-corrected chi connectivity index (χ2v) is 6.65. The Morgan fingerprint density at radius 1 is 1.08 bits per heavy atom. The maximum Gasteiger partial charge on any atom is 0.233 e. The zero-order valence-corrected chi connectivity index (χ0v) is 15.5. The lowest BCUT2D eigenvalue weighted by molar-refractivity contribution is -0.136. The van der Waals surface area contributed by atoms with Crippen molar-refractivity contribution in [1.82, 2.24) is 4.90 Å². The van der Waals surface area contributed by atoms with E-state index in [9.17, 15) is 9.59 Å². The number of carbonyl (C=O) groups is 2. The van der Waals surface area contributed by atoms with Gasteiger partial charge >= 0.3 is 0 Å². The van der Waals surface area contributed by atoms with Gasteiger partial charge in [-0.2, -0.15) is 0 Å². The predicted octanol–water partition coefficient (Wildman–Crippen LogP) is 4.41. The smallest absolute Gasteiger partial charge is 0.233 e. The molecule has 0 aliphatic carbocycles. The molecule has 2 aromatic rings. The van der Waals surface area contributed by atoms with E-state index in [1.54, 1.807) is 23.1 Å². The summed E-state index contributed by atoms with van der Waals surface area (Å²) in [5.41, 5.74) is 2.45. The van der Waals surface area contributed by atoms with Crippen LogP contribution in [0.3, 0.4) is 0 Å². The van der Waals surface area contributed by atoms with Crippen LogP contribution in [0.25, 0.3) is 0 Å². The second kappa shape index (κ2) is 8.67. The number of hydrogen-bond donors (Lipinski definition) is 1. The second-order valence-electron chi connectivity index (χ2n) is 6.24. The normalized spacial score (nSPS) is 10.6. The number of amides is 2. The Morgan fingerprint density at radius 3 is 2.40 bits per heavy atom. The van der Waals surface area contributed by atoms with Crippen molar-refractivity contribution in [3.63, 3.8) is 0 Å². The van der Waals surface area contributed by atoms with Crippen LogP contribution in [0.5, 0.6) is 0 Å². The van der Waals surface area contributed by atoms with E-state index < -0.39 is 0 Å². The fraction of sp³-hybridized carbons (Fsp3) is 0.300. The summed E-state index contributed by atoms with van der Waals surface area (Å²) in [6.45, 7) is 6.20. The van der Waals surface area contributed by atoms with Gasteiger partial charge < -0.3 is 10.2 Å². The molecule has 0 heterocycles. The molecule has 0 aliphatic heterocycles. The van der Waals surface area contributed by atoms with Crippen LogP contribution in [0.4, 0.5) is 5.69 Å². The van der Waals surface area contributed by atoms with Gasteiger partial charge in [-0.25, -0.2) is 0 Å². The van der Waals surface area contributed by atoms with Crippen LogP contribution in [0, 0.1) is 6.92 Å². The summed E-state index contributed by atoms with van der Waals surface area (Å²) in [5.74, 6) is -0.537. The fourth-order valence-corrected chi connectivity index (χ4v) is 2.69. The Labute approximate surface area is 153 Å². The molecule has 2 amide bonds. The van der Waals surface area contributed by atoms with E-state index in [-0.39, 0.29) is 24.3 Å². The molecule has 1 N–H and O–H groups in total. The van der Waals surface area contributed by atoms with E-state index in [1.807, 2.05) is 51.1 Å². The minimum atomic E-state index is -0.339. The summed E-state index contributed by atoms with van der Waals surface area (Å²) in [4.78, 5) is 26.6. The summed E-state index contributed by atoms with van der Waals surface area (Å²) in [5, 5.41) is 3.35. The van der Waals surface area contributed by atoms with Gasteiger partial charge in [0, 0.05) is 23.3 Å². The van der Waals surface area contributed by atoms with Gasteiger partial charge in [-0.1, -0.05) is 48.0 Å². The van der Waals surface area contributed by atoms with Gasteiger partial charge in [-0.15, -0.1) is 0 Å². The Kier molecular flexibility index (Phi) is 6.59. The number of anilines is 1. The largest absolute Gasteiger partial charge is 0.336 e. The monoisotopic (exact) mass is 358 g/mol. The number of hydrogen-bond acceptors (Lipinski definition) is 2. The summed E-state index contributed by atoms with van der Waals surface area (Å²) < 4.78 is 0. The van der Waals surface area contributed by atoms with Crippen LogP contribution in [0.1, 0.15) is 31.4 Å². The Bertz CT molecular complexity index is 745. The molecule has 0 spiro atoms. The molecule has 0 atom stereocenters. The fourth-order valence-electron chi connectivity index (χ4n) is 2.52. The third-order valence-corrected chi connectivity index (χ3v) is 4.40. The van der Waals surface area contributed by atoms with Gasteiger partial charge in [0.15, 0.2) is 0 Å². The van der Waals surface area contributed by atoms with Crippen molar-refractivity contribution in [2.24, 2.45) is 0 Å². The van der Waals surface area contributed by atoms with Gasteiger partial charge in [0.1, 0.15) is 6.42 Å². The summed E-state index contributed by atoms with van der Waals surface area (Å²) in [6.07, 6.45) is -0.197. The third kappa shape index (κ3) is 5.33.